The smallest absolute Gasteiger partial charge is 0.372 e. The molecule has 0 atom stereocenters. The number of hydrogen-bond donors (Lipinski definition) is 0. The highest BCUT2D eigenvalue weighted by Gasteiger charge is 2.40. The van der Waals surface area contributed by atoms with E-state index in [9.17, 15) is 30.6 Å². The number of thioether (sulfide) groups is 1. The first-order valence-electron chi connectivity index (χ1n) is 16.0. The van der Waals surface area contributed by atoms with Crippen LogP contribution in [-0.4, -0.2) is 66.5 Å². The molecule has 0 aromatic heterocycles. The Morgan fingerprint density at radius 3 is 1.73 bits per heavy atom. The van der Waals surface area contributed by atoms with Gasteiger partial charge >= 0.3 is 18.5 Å². The van der Waals surface area contributed by atoms with Crippen LogP contribution in [0.3, 0.4) is 0 Å². The first-order valence-corrected chi connectivity index (χ1v) is 18.6. The SMILES string of the molecule is O=S1CCN(c2ccc(C(F)(F)F)cc2-c2cc(N3CCSCC3)c(-c3cc(N4CCCCC4)ccc3C(F)(F)F)cc2C(F)(F)F)CC1. The standard InChI is InChI=1S/C34H34F9N3OS2/c35-32(36,37)22-4-7-30(46-12-16-49(47)17-13-46)26(18-22)25-21-31(45-10-14-48-15-11-45)27(20-29(25)34(41,42)43)24-19-23(44-8-2-1-3-9-44)5-6-28(24)33(38,39)40/h4-7,18-21H,1-3,8-17H2. The van der Waals surface area contributed by atoms with Crippen molar-refractivity contribution < 1.29 is 43.7 Å². The van der Waals surface area contributed by atoms with Gasteiger partial charge in [-0.25, -0.2) is 0 Å². The predicted octanol–water partition coefficient (Wildman–Crippen LogP) is 9.19. The predicted molar refractivity (Wildman–Crippen MR) is 178 cm³/mol. The van der Waals surface area contributed by atoms with Gasteiger partial charge < -0.3 is 14.7 Å². The van der Waals surface area contributed by atoms with E-state index in [4.69, 9.17) is 0 Å². The maximum absolute atomic E-state index is 15.1. The molecule has 3 aliphatic heterocycles. The van der Waals surface area contributed by atoms with E-state index < -0.39 is 57.1 Å². The molecule has 4 nitrogen and oxygen atoms in total. The molecule has 0 unspecified atom stereocenters. The van der Waals surface area contributed by atoms with Crippen LogP contribution in [0.1, 0.15) is 36.0 Å². The summed E-state index contributed by atoms with van der Waals surface area (Å²) in [5, 5.41) is 0. The van der Waals surface area contributed by atoms with Crippen molar-refractivity contribution in [1.29, 1.82) is 0 Å². The van der Waals surface area contributed by atoms with E-state index in [0.717, 1.165) is 43.5 Å². The summed E-state index contributed by atoms with van der Waals surface area (Å²) < 4.78 is 144. The number of rotatable bonds is 5. The monoisotopic (exact) mass is 735 g/mol. The third-order valence-corrected chi connectivity index (χ3v) is 11.5. The zero-order chi connectivity index (χ0) is 35.1. The molecule has 3 fully saturated rings. The average Bonchev–Trinajstić information content (AvgIpc) is 3.07. The molecule has 3 heterocycles. The van der Waals surface area contributed by atoms with Crippen LogP contribution in [0.15, 0.2) is 48.5 Å². The molecule has 266 valence electrons. The molecule has 3 saturated heterocycles. The summed E-state index contributed by atoms with van der Waals surface area (Å²) in [6, 6.07) is 7.97. The molecule has 0 aliphatic carbocycles. The minimum atomic E-state index is -5.14. The van der Waals surface area contributed by atoms with Crippen molar-refractivity contribution in [3.8, 4) is 22.3 Å². The topological polar surface area (TPSA) is 26.8 Å². The summed E-state index contributed by atoms with van der Waals surface area (Å²) in [5.74, 6) is 1.51. The quantitative estimate of drug-likeness (QED) is 0.244. The van der Waals surface area contributed by atoms with Gasteiger partial charge in [0.1, 0.15) is 0 Å². The van der Waals surface area contributed by atoms with Gasteiger partial charge in [0, 0.05) is 101 Å². The molecular formula is C34H34F9N3OS2. The first-order chi connectivity index (χ1) is 23.1. The lowest BCUT2D eigenvalue weighted by Gasteiger charge is -2.34. The van der Waals surface area contributed by atoms with E-state index in [1.807, 2.05) is 4.90 Å². The molecule has 3 aromatic carbocycles. The zero-order valence-electron chi connectivity index (χ0n) is 26.3. The van der Waals surface area contributed by atoms with Gasteiger partial charge in [0.25, 0.3) is 0 Å². The number of alkyl halides is 9. The van der Waals surface area contributed by atoms with Gasteiger partial charge in [-0.2, -0.15) is 51.3 Å². The summed E-state index contributed by atoms with van der Waals surface area (Å²) in [7, 11) is -1.17. The summed E-state index contributed by atoms with van der Waals surface area (Å²) in [4.78, 5) is 5.26. The Bertz CT molecular complexity index is 1690. The van der Waals surface area contributed by atoms with Crippen molar-refractivity contribution in [3.05, 3.63) is 65.2 Å². The van der Waals surface area contributed by atoms with E-state index in [2.05, 4.69) is 0 Å². The first kappa shape index (κ1) is 35.7. The summed E-state index contributed by atoms with van der Waals surface area (Å²) >= 11 is 1.59. The van der Waals surface area contributed by atoms with E-state index in [-0.39, 0.29) is 47.1 Å². The zero-order valence-corrected chi connectivity index (χ0v) is 27.9. The Hall–Kier alpha value is -3.07. The number of benzene rings is 3. The van der Waals surface area contributed by atoms with E-state index >= 15 is 13.2 Å². The second-order valence-electron chi connectivity index (χ2n) is 12.4. The Balaban J connectivity index is 1.64. The van der Waals surface area contributed by atoms with Crippen molar-refractivity contribution in [1.82, 2.24) is 0 Å². The second-order valence-corrected chi connectivity index (χ2v) is 15.3. The third kappa shape index (κ3) is 7.82. The van der Waals surface area contributed by atoms with Crippen LogP contribution in [0, 0.1) is 0 Å². The van der Waals surface area contributed by atoms with Crippen LogP contribution in [0.5, 0.6) is 0 Å². The fraction of sp³-hybridized carbons (Fsp3) is 0.471. The molecule has 49 heavy (non-hydrogen) atoms. The highest BCUT2D eigenvalue weighted by Crippen LogP contribution is 2.50. The van der Waals surface area contributed by atoms with E-state index in [1.165, 1.54) is 12.1 Å². The van der Waals surface area contributed by atoms with Gasteiger partial charge in [0.2, 0.25) is 0 Å². The number of halogens is 9. The molecular weight excluding hydrogens is 702 g/mol. The summed E-state index contributed by atoms with van der Waals surface area (Å²) in [6.07, 6.45) is -12.3. The lowest BCUT2D eigenvalue weighted by atomic mass is 9.88. The Morgan fingerprint density at radius 1 is 0.531 bits per heavy atom. The Labute approximate surface area is 285 Å². The van der Waals surface area contributed by atoms with Crippen LogP contribution < -0.4 is 14.7 Å². The Morgan fingerprint density at radius 2 is 1.12 bits per heavy atom. The van der Waals surface area contributed by atoms with Gasteiger partial charge in [0.15, 0.2) is 0 Å². The fourth-order valence-corrected chi connectivity index (χ4v) is 8.72. The summed E-state index contributed by atoms with van der Waals surface area (Å²) in [6.45, 7) is 2.13. The maximum Gasteiger partial charge on any atom is 0.417 e. The van der Waals surface area contributed by atoms with Crippen molar-refractivity contribution >= 4 is 39.6 Å². The molecule has 3 aromatic rings. The van der Waals surface area contributed by atoms with E-state index in [0.29, 0.717) is 55.5 Å². The highest BCUT2D eigenvalue weighted by molar-refractivity contribution is 7.99. The number of anilines is 3. The lowest BCUT2D eigenvalue weighted by molar-refractivity contribution is -0.138. The van der Waals surface area contributed by atoms with Gasteiger partial charge in [0.05, 0.1) is 16.7 Å². The molecule has 0 saturated carbocycles. The van der Waals surface area contributed by atoms with Crippen molar-refractivity contribution in [3.63, 3.8) is 0 Å². The average molecular weight is 736 g/mol. The van der Waals surface area contributed by atoms with Gasteiger partial charge in [-0.1, -0.05) is 0 Å². The van der Waals surface area contributed by atoms with E-state index in [1.54, 1.807) is 21.6 Å². The highest BCUT2D eigenvalue weighted by atomic mass is 32.2. The number of piperidine rings is 1. The van der Waals surface area contributed by atoms with Crippen LogP contribution in [0.25, 0.3) is 22.3 Å². The third-order valence-electron chi connectivity index (χ3n) is 9.25. The molecule has 6 rings (SSSR count). The van der Waals surface area contributed by atoms with Crippen LogP contribution in [0.2, 0.25) is 0 Å². The van der Waals surface area contributed by atoms with Crippen LogP contribution in [-0.2, 0) is 29.3 Å². The van der Waals surface area contributed by atoms with Gasteiger partial charge in [-0.3, -0.25) is 4.21 Å². The van der Waals surface area contributed by atoms with Crippen molar-refractivity contribution in [2.45, 2.75) is 37.8 Å². The molecule has 0 amide bonds. The molecule has 0 spiro atoms. The molecule has 0 radical (unpaired) electrons. The van der Waals surface area contributed by atoms with Gasteiger partial charge in [-0.05, 0) is 78.9 Å². The fourth-order valence-electron chi connectivity index (χ4n) is 6.76. The number of hydrogen-bond acceptors (Lipinski definition) is 5. The summed E-state index contributed by atoms with van der Waals surface area (Å²) in [5.41, 5.74) is -4.53. The lowest BCUT2D eigenvalue weighted by Crippen LogP contribution is -2.38. The second kappa shape index (κ2) is 13.9. The van der Waals surface area contributed by atoms with Crippen LogP contribution in [0.4, 0.5) is 56.6 Å². The molecule has 0 bridgehead atoms. The van der Waals surface area contributed by atoms with Gasteiger partial charge in [-0.15, -0.1) is 0 Å². The molecule has 0 N–H and O–H groups in total. The number of nitrogens with zero attached hydrogens (tertiary/aromatic N) is 3. The minimum absolute atomic E-state index is 0.0905. The normalized spacial score (nSPS) is 18.7. The minimum Gasteiger partial charge on any atom is -0.372 e. The molecule has 15 heteroatoms. The van der Waals surface area contributed by atoms with Crippen molar-refractivity contribution in [2.24, 2.45) is 0 Å². The Kier molecular flexibility index (Phi) is 10.2. The maximum atomic E-state index is 15.1. The van der Waals surface area contributed by atoms with Crippen molar-refractivity contribution in [2.75, 3.05) is 77.0 Å². The largest absolute Gasteiger partial charge is 0.417 e. The molecule has 3 aliphatic rings. The van der Waals surface area contributed by atoms with Crippen LogP contribution >= 0.6 is 11.8 Å².